The number of anilines is 1. The largest absolute Gasteiger partial charge is 0.385 e. The number of hydrogen-bond acceptors (Lipinski definition) is 3. The van der Waals surface area contributed by atoms with Crippen molar-refractivity contribution in [3.05, 3.63) is 29.3 Å². The lowest BCUT2D eigenvalue weighted by molar-refractivity contribution is 0.0949. The average Bonchev–Trinajstić information content (AvgIpc) is 2.50. The first kappa shape index (κ1) is 17.5. The van der Waals surface area contributed by atoms with Gasteiger partial charge in [-0.15, -0.1) is 0 Å². The van der Waals surface area contributed by atoms with Gasteiger partial charge in [0.05, 0.1) is 0 Å². The van der Waals surface area contributed by atoms with E-state index in [0.717, 1.165) is 49.4 Å². The summed E-state index contributed by atoms with van der Waals surface area (Å²) in [6.07, 6.45) is 1.09. The van der Waals surface area contributed by atoms with E-state index in [1.807, 2.05) is 25.1 Å². The van der Waals surface area contributed by atoms with Gasteiger partial charge in [-0.3, -0.25) is 4.79 Å². The van der Waals surface area contributed by atoms with E-state index < -0.39 is 0 Å². The Balaban J connectivity index is 2.52. The standard InChI is InChI=1S/C17H29N3O/c1-5-10-18-16-9-8-15(13-14(16)4)17(21)19-11-12-20(6-2)7-3/h8-9,13,18H,5-7,10-12H2,1-4H3,(H,19,21). The van der Waals surface area contributed by atoms with Gasteiger partial charge >= 0.3 is 0 Å². The number of nitrogens with one attached hydrogen (secondary N) is 2. The van der Waals surface area contributed by atoms with Gasteiger partial charge in [0, 0.05) is 30.9 Å². The van der Waals surface area contributed by atoms with Gasteiger partial charge in [0.2, 0.25) is 0 Å². The first-order chi connectivity index (χ1) is 10.1. The summed E-state index contributed by atoms with van der Waals surface area (Å²) in [6.45, 7) is 13.0. The second-order valence-corrected chi connectivity index (χ2v) is 5.24. The number of rotatable bonds is 9. The van der Waals surface area contributed by atoms with Gasteiger partial charge < -0.3 is 15.5 Å². The zero-order valence-corrected chi connectivity index (χ0v) is 13.8. The number of likely N-dealkylation sites (N-methyl/N-ethyl adjacent to an activating group) is 1. The molecule has 2 N–H and O–H groups in total. The maximum Gasteiger partial charge on any atom is 0.251 e. The molecule has 0 radical (unpaired) electrons. The van der Waals surface area contributed by atoms with Crippen molar-refractivity contribution < 1.29 is 4.79 Å². The van der Waals surface area contributed by atoms with Gasteiger partial charge in [0.1, 0.15) is 0 Å². The van der Waals surface area contributed by atoms with E-state index in [0.29, 0.717) is 6.54 Å². The Bertz CT molecular complexity index is 442. The van der Waals surface area contributed by atoms with Crippen LogP contribution >= 0.6 is 0 Å². The third-order valence-corrected chi connectivity index (χ3v) is 3.66. The van der Waals surface area contributed by atoms with Gasteiger partial charge in [-0.05, 0) is 50.2 Å². The van der Waals surface area contributed by atoms with E-state index in [1.165, 1.54) is 0 Å². The predicted molar refractivity (Wildman–Crippen MR) is 90.1 cm³/mol. The van der Waals surface area contributed by atoms with Crippen LogP contribution in [0, 0.1) is 6.92 Å². The molecule has 0 aromatic heterocycles. The maximum atomic E-state index is 12.1. The predicted octanol–water partition coefficient (Wildman–Crippen LogP) is 2.89. The van der Waals surface area contributed by atoms with Crippen LogP contribution < -0.4 is 10.6 Å². The van der Waals surface area contributed by atoms with Crippen LogP contribution in [0.3, 0.4) is 0 Å². The van der Waals surface area contributed by atoms with Crippen molar-refractivity contribution >= 4 is 11.6 Å². The van der Waals surface area contributed by atoms with Crippen LogP contribution in [0.2, 0.25) is 0 Å². The summed E-state index contributed by atoms with van der Waals surface area (Å²) in [7, 11) is 0. The molecular formula is C17H29N3O. The molecule has 0 saturated carbocycles. The number of hydrogen-bond donors (Lipinski definition) is 2. The molecule has 0 aliphatic carbocycles. The molecule has 1 amide bonds. The van der Waals surface area contributed by atoms with E-state index in [1.54, 1.807) is 0 Å². The van der Waals surface area contributed by atoms with Gasteiger partial charge in [-0.2, -0.15) is 0 Å². The Morgan fingerprint density at radius 1 is 1.14 bits per heavy atom. The SMILES string of the molecule is CCCNc1ccc(C(=O)NCCN(CC)CC)cc1C. The maximum absolute atomic E-state index is 12.1. The summed E-state index contributed by atoms with van der Waals surface area (Å²) in [5, 5.41) is 6.35. The Hall–Kier alpha value is -1.55. The highest BCUT2D eigenvalue weighted by Crippen LogP contribution is 2.16. The summed E-state index contributed by atoms with van der Waals surface area (Å²) >= 11 is 0. The minimum absolute atomic E-state index is 0.00676. The second kappa shape index (κ2) is 9.40. The van der Waals surface area contributed by atoms with E-state index in [9.17, 15) is 4.79 Å². The summed E-state index contributed by atoms with van der Waals surface area (Å²) in [5.74, 6) is 0.00676. The molecule has 0 aliphatic heterocycles. The second-order valence-electron chi connectivity index (χ2n) is 5.24. The van der Waals surface area contributed by atoms with Crippen LogP contribution in [-0.4, -0.2) is 43.5 Å². The number of carbonyl (C=O) groups is 1. The Labute approximate surface area is 128 Å². The van der Waals surface area contributed by atoms with Crippen LogP contribution in [-0.2, 0) is 0 Å². The average molecular weight is 291 g/mol. The third kappa shape index (κ3) is 5.76. The van der Waals surface area contributed by atoms with Crippen molar-refractivity contribution in [3.63, 3.8) is 0 Å². The number of aryl methyl sites for hydroxylation is 1. The van der Waals surface area contributed by atoms with Crippen LogP contribution in [0.1, 0.15) is 43.1 Å². The molecule has 118 valence electrons. The molecule has 0 bridgehead atoms. The highest BCUT2D eigenvalue weighted by Gasteiger charge is 2.08. The molecule has 4 heteroatoms. The highest BCUT2D eigenvalue weighted by atomic mass is 16.1. The highest BCUT2D eigenvalue weighted by molar-refractivity contribution is 5.94. The lowest BCUT2D eigenvalue weighted by Crippen LogP contribution is -2.34. The van der Waals surface area contributed by atoms with Crippen molar-refractivity contribution in [3.8, 4) is 0 Å². The molecule has 0 atom stereocenters. The molecule has 1 rings (SSSR count). The smallest absolute Gasteiger partial charge is 0.251 e. The fourth-order valence-electron chi connectivity index (χ4n) is 2.23. The van der Waals surface area contributed by atoms with Gasteiger partial charge in [-0.25, -0.2) is 0 Å². The van der Waals surface area contributed by atoms with Crippen molar-refractivity contribution in [1.82, 2.24) is 10.2 Å². The quantitative estimate of drug-likeness (QED) is 0.735. The van der Waals surface area contributed by atoms with Gasteiger partial charge in [0.25, 0.3) is 5.91 Å². The van der Waals surface area contributed by atoms with Crippen LogP contribution in [0.25, 0.3) is 0 Å². The summed E-state index contributed by atoms with van der Waals surface area (Å²) in [6, 6.07) is 5.83. The molecule has 0 saturated heterocycles. The fourth-order valence-corrected chi connectivity index (χ4v) is 2.23. The molecular weight excluding hydrogens is 262 g/mol. The van der Waals surface area contributed by atoms with Crippen LogP contribution in [0.4, 0.5) is 5.69 Å². The summed E-state index contributed by atoms with van der Waals surface area (Å²) in [4.78, 5) is 14.4. The number of benzene rings is 1. The number of nitrogens with zero attached hydrogens (tertiary/aromatic N) is 1. The minimum atomic E-state index is 0.00676. The molecule has 0 fully saturated rings. The molecule has 0 heterocycles. The molecule has 0 unspecified atom stereocenters. The van der Waals surface area contributed by atoms with Crippen molar-refractivity contribution in [2.24, 2.45) is 0 Å². The Kier molecular flexibility index (Phi) is 7.83. The molecule has 0 aliphatic rings. The molecule has 0 spiro atoms. The Morgan fingerprint density at radius 3 is 2.43 bits per heavy atom. The fraction of sp³-hybridized carbons (Fsp3) is 0.588. The Morgan fingerprint density at radius 2 is 1.86 bits per heavy atom. The lowest BCUT2D eigenvalue weighted by Gasteiger charge is -2.18. The monoisotopic (exact) mass is 291 g/mol. The third-order valence-electron chi connectivity index (χ3n) is 3.66. The zero-order valence-electron chi connectivity index (χ0n) is 13.8. The molecule has 21 heavy (non-hydrogen) atoms. The minimum Gasteiger partial charge on any atom is -0.385 e. The van der Waals surface area contributed by atoms with E-state index in [4.69, 9.17) is 0 Å². The van der Waals surface area contributed by atoms with Crippen molar-refractivity contribution in [2.45, 2.75) is 34.1 Å². The van der Waals surface area contributed by atoms with Crippen LogP contribution in [0.15, 0.2) is 18.2 Å². The number of carbonyl (C=O) groups excluding carboxylic acids is 1. The number of amides is 1. The van der Waals surface area contributed by atoms with Crippen molar-refractivity contribution in [2.75, 3.05) is 38.0 Å². The summed E-state index contributed by atoms with van der Waals surface area (Å²) < 4.78 is 0. The van der Waals surface area contributed by atoms with Gasteiger partial charge in [0.15, 0.2) is 0 Å². The van der Waals surface area contributed by atoms with E-state index >= 15 is 0 Å². The van der Waals surface area contributed by atoms with Gasteiger partial charge in [-0.1, -0.05) is 20.8 Å². The molecule has 4 nitrogen and oxygen atoms in total. The summed E-state index contributed by atoms with van der Waals surface area (Å²) in [5.41, 5.74) is 2.95. The van der Waals surface area contributed by atoms with E-state index in [-0.39, 0.29) is 5.91 Å². The van der Waals surface area contributed by atoms with E-state index in [2.05, 4.69) is 36.3 Å². The molecule has 1 aromatic rings. The molecule has 1 aromatic carbocycles. The lowest BCUT2D eigenvalue weighted by atomic mass is 10.1. The van der Waals surface area contributed by atoms with Crippen LogP contribution in [0.5, 0.6) is 0 Å². The topological polar surface area (TPSA) is 44.4 Å². The first-order valence-electron chi connectivity index (χ1n) is 7.97. The van der Waals surface area contributed by atoms with Crippen molar-refractivity contribution in [1.29, 1.82) is 0 Å². The first-order valence-corrected chi connectivity index (χ1v) is 7.97. The normalized spacial score (nSPS) is 10.7. The zero-order chi connectivity index (χ0) is 15.7.